The van der Waals surface area contributed by atoms with Crippen molar-refractivity contribution < 1.29 is 22.0 Å². The topological polar surface area (TPSA) is 96.9 Å². The van der Waals surface area contributed by atoms with E-state index in [4.69, 9.17) is 27.6 Å². The van der Waals surface area contributed by atoms with Gasteiger partial charge >= 0.3 is 5.91 Å². The first-order valence-corrected chi connectivity index (χ1v) is 11.3. The molecule has 0 spiro atoms. The van der Waals surface area contributed by atoms with Crippen molar-refractivity contribution in [1.29, 1.82) is 0 Å². The van der Waals surface area contributed by atoms with Crippen molar-refractivity contribution in [3.8, 4) is 0 Å². The van der Waals surface area contributed by atoms with Crippen LogP contribution in [0, 0.1) is 5.82 Å². The SMILES string of the molecule is O=C(NS(=O)(=O)c1cnc2c(Cl)cc(Cl)cn12)c1cc2c(F)cc(N3CCC3)cc2o1. The van der Waals surface area contributed by atoms with Gasteiger partial charge in [0.05, 0.1) is 21.6 Å². The van der Waals surface area contributed by atoms with E-state index in [1.54, 1.807) is 6.07 Å². The van der Waals surface area contributed by atoms with Crippen LogP contribution in [0.1, 0.15) is 17.0 Å². The average molecular weight is 483 g/mol. The number of nitrogens with one attached hydrogen (secondary N) is 1. The molecule has 4 aromatic rings. The third kappa shape index (κ3) is 3.40. The number of halogens is 3. The second-order valence-corrected chi connectivity index (χ2v) is 9.49. The second kappa shape index (κ2) is 7.11. The summed E-state index contributed by atoms with van der Waals surface area (Å²) in [5, 5.41) is 0.0675. The summed E-state index contributed by atoms with van der Waals surface area (Å²) in [6.07, 6.45) is 3.37. The lowest BCUT2D eigenvalue weighted by atomic mass is 10.1. The maximum Gasteiger partial charge on any atom is 0.300 e. The molecule has 4 heterocycles. The number of benzene rings is 1. The Morgan fingerprint density at radius 1 is 1.19 bits per heavy atom. The van der Waals surface area contributed by atoms with Gasteiger partial charge in [0.15, 0.2) is 16.4 Å². The molecule has 0 radical (unpaired) electrons. The van der Waals surface area contributed by atoms with E-state index in [1.807, 2.05) is 9.62 Å². The van der Waals surface area contributed by atoms with Crippen LogP contribution in [-0.4, -0.2) is 36.8 Å². The minimum Gasteiger partial charge on any atom is -0.451 e. The molecule has 0 saturated carbocycles. The van der Waals surface area contributed by atoms with Crippen LogP contribution in [0.2, 0.25) is 10.0 Å². The second-order valence-electron chi connectivity index (χ2n) is 7.02. The Hall–Kier alpha value is -2.82. The molecule has 1 amide bonds. The summed E-state index contributed by atoms with van der Waals surface area (Å²) in [6, 6.07) is 5.56. The number of nitrogens with zero attached hydrogens (tertiary/aromatic N) is 3. The highest BCUT2D eigenvalue weighted by molar-refractivity contribution is 7.90. The molecule has 8 nitrogen and oxygen atoms in total. The van der Waals surface area contributed by atoms with Gasteiger partial charge in [-0.1, -0.05) is 23.2 Å². The molecule has 160 valence electrons. The minimum absolute atomic E-state index is 0.0835. The van der Waals surface area contributed by atoms with Crippen molar-refractivity contribution in [2.24, 2.45) is 0 Å². The van der Waals surface area contributed by atoms with Crippen LogP contribution in [0.5, 0.6) is 0 Å². The number of carbonyl (C=O) groups is 1. The van der Waals surface area contributed by atoms with E-state index in [9.17, 15) is 17.6 Å². The van der Waals surface area contributed by atoms with Crippen molar-refractivity contribution in [3.05, 3.63) is 58.3 Å². The first kappa shape index (κ1) is 20.1. The number of amides is 1. The quantitative estimate of drug-likeness (QED) is 0.474. The Kier molecular flexibility index (Phi) is 4.61. The fourth-order valence-corrected chi connectivity index (χ4v) is 4.93. The Labute approximate surface area is 185 Å². The predicted octanol–water partition coefficient (Wildman–Crippen LogP) is 3.86. The van der Waals surface area contributed by atoms with E-state index in [-0.39, 0.29) is 37.4 Å². The van der Waals surface area contributed by atoms with Crippen LogP contribution in [-0.2, 0) is 10.0 Å². The lowest BCUT2D eigenvalue weighted by Crippen LogP contribution is -2.36. The van der Waals surface area contributed by atoms with E-state index >= 15 is 0 Å². The third-order valence-electron chi connectivity index (χ3n) is 5.01. The fraction of sp³-hybridized carbons (Fsp3) is 0.158. The Morgan fingerprint density at radius 2 is 1.97 bits per heavy atom. The molecule has 0 unspecified atom stereocenters. The van der Waals surface area contributed by atoms with Gasteiger partial charge in [0.1, 0.15) is 11.4 Å². The maximum atomic E-state index is 14.5. The number of anilines is 1. The van der Waals surface area contributed by atoms with Gasteiger partial charge in [-0.25, -0.2) is 14.1 Å². The first-order valence-electron chi connectivity index (χ1n) is 9.10. The molecular formula is C19H13Cl2FN4O4S. The predicted molar refractivity (Wildman–Crippen MR) is 113 cm³/mol. The third-order valence-corrected chi connectivity index (χ3v) is 6.80. The van der Waals surface area contributed by atoms with Gasteiger partial charge in [0.2, 0.25) is 0 Å². The van der Waals surface area contributed by atoms with Crippen LogP contribution in [0.15, 0.2) is 46.1 Å². The Bertz CT molecular complexity index is 1480. The number of sulfonamides is 1. The highest BCUT2D eigenvalue weighted by Crippen LogP contribution is 2.30. The van der Waals surface area contributed by atoms with Gasteiger partial charge in [-0.2, -0.15) is 8.42 Å². The zero-order valence-corrected chi connectivity index (χ0v) is 17.9. The molecule has 1 aromatic carbocycles. The molecule has 1 aliphatic heterocycles. The Morgan fingerprint density at radius 3 is 2.68 bits per heavy atom. The molecule has 12 heteroatoms. The monoisotopic (exact) mass is 482 g/mol. The zero-order valence-electron chi connectivity index (χ0n) is 15.6. The van der Waals surface area contributed by atoms with Crippen molar-refractivity contribution in [3.63, 3.8) is 0 Å². The molecule has 1 aliphatic rings. The molecule has 0 atom stereocenters. The number of pyridine rings is 1. The van der Waals surface area contributed by atoms with Gasteiger partial charge in [0, 0.05) is 37.1 Å². The molecule has 1 fully saturated rings. The number of rotatable bonds is 4. The van der Waals surface area contributed by atoms with E-state index < -0.39 is 21.7 Å². The summed E-state index contributed by atoms with van der Waals surface area (Å²) < 4.78 is 48.6. The summed E-state index contributed by atoms with van der Waals surface area (Å²) in [6.45, 7) is 1.62. The Balaban J connectivity index is 1.48. The van der Waals surface area contributed by atoms with Crippen LogP contribution in [0.25, 0.3) is 16.6 Å². The molecule has 1 N–H and O–H groups in total. The highest BCUT2D eigenvalue weighted by atomic mass is 35.5. The van der Waals surface area contributed by atoms with Crippen LogP contribution in [0.3, 0.4) is 0 Å². The van der Waals surface area contributed by atoms with E-state index in [0.29, 0.717) is 5.69 Å². The molecule has 0 bridgehead atoms. The van der Waals surface area contributed by atoms with Crippen molar-refractivity contribution >= 4 is 61.4 Å². The lowest BCUT2D eigenvalue weighted by Gasteiger charge is -2.33. The lowest BCUT2D eigenvalue weighted by molar-refractivity contribution is 0.0956. The standard InChI is InChI=1S/C19H13Cl2FN4O4S/c20-10-4-13(21)18-23-8-17(26(18)9-10)31(28,29)24-19(27)16-7-12-14(22)5-11(6-15(12)30-16)25-2-1-3-25/h4-9H,1-3H2,(H,24,27). The van der Waals surface area contributed by atoms with Gasteiger partial charge in [-0.3, -0.25) is 9.20 Å². The molecule has 5 rings (SSSR count). The number of aromatic nitrogens is 2. The van der Waals surface area contributed by atoms with Gasteiger partial charge in [0.25, 0.3) is 10.0 Å². The summed E-state index contributed by atoms with van der Waals surface area (Å²) in [5.41, 5.74) is 0.950. The number of hydrogen-bond acceptors (Lipinski definition) is 6. The van der Waals surface area contributed by atoms with Crippen LogP contribution >= 0.6 is 23.2 Å². The largest absolute Gasteiger partial charge is 0.451 e. The van der Waals surface area contributed by atoms with Crippen LogP contribution in [0.4, 0.5) is 10.1 Å². The van der Waals surface area contributed by atoms with Gasteiger partial charge in [-0.15, -0.1) is 0 Å². The summed E-state index contributed by atoms with van der Waals surface area (Å²) >= 11 is 12.0. The van der Waals surface area contributed by atoms with Crippen molar-refractivity contribution in [1.82, 2.24) is 14.1 Å². The summed E-state index contributed by atoms with van der Waals surface area (Å²) in [7, 11) is -4.37. The van der Waals surface area contributed by atoms with Gasteiger partial charge < -0.3 is 9.32 Å². The smallest absolute Gasteiger partial charge is 0.300 e. The molecule has 1 saturated heterocycles. The maximum absolute atomic E-state index is 14.5. The fourth-order valence-electron chi connectivity index (χ4n) is 3.37. The number of fused-ring (bicyclic) bond motifs is 2. The van der Waals surface area contributed by atoms with Crippen molar-refractivity contribution in [2.75, 3.05) is 18.0 Å². The van der Waals surface area contributed by atoms with E-state index in [1.165, 1.54) is 18.3 Å². The number of imidazole rings is 1. The minimum atomic E-state index is -4.37. The zero-order chi connectivity index (χ0) is 21.9. The highest BCUT2D eigenvalue weighted by Gasteiger charge is 2.26. The number of carbonyl (C=O) groups excluding carboxylic acids is 1. The van der Waals surface area contributed by atoms with Crippen LogP contribution < -0.4 is 9.62 Å². The molecule has 0 aliphatic carbocycles. The first-order chi connectivity index (χ1) is 14.7. The number of hydrogen-bond donors (Lipinski definition) is 1. The molecule has 3 aromatic heterocycles. The normalized spacial score (nSPS) is 14.2. The van der Waals surface area contributed by atoms with E-state index in [0.717, 1.165) is 36.2 Å². The molecule has 31 heavy (non-hydrogen) atoms. The number of furan rings is 1. The van der Waals surface area contributed by atoms with E-state index in [2.05, 4.69) is 4.98 Å². The average Bonchev–Trinajstić information content (AvgIpc) is 3.24. The summed E-state index contributed by atoms with van der Waals surface area (Å²) in [5.74, 6) is -1.96. The summed E-state index contributed by atoms with van der Waals surface area (Å²) in [4.78, 5) is 18.5. The molecular weight excluding hydrogens is 470 g/mol. The van der Waals surface area contributed by atoms with Crippen molar-refractivity contribution in [2.45, 2.75) is 11.4 Å². The van der Waals surface area contributed by atoms with Gasteiger partial charge in [-0.05, 0) is 18.6 Å².